The smallest absolute Gasteiger partial charge is 0.105 e. The Labute approximate surface area is 80.7 Å². The highest BCUT2D eigenvalue weighted by atomic mass is 16.5. The summed E-state index contributed by atoms with van der Waals surface area (Å²) in [6, 6.07) is 0. The van der Waals surface area contributed by atoms with Crippen molar-refractivity contribution in [1.29, 1.82) is 0 Å². The van der Waals surface area contributed by atoms with Crippen molar-refractivity contribution in [2.24, 2.45) is 5.41 Å². The van der Waals surface area contributed by atoms with Crippen molar-refractivity contribution in [1.82, 2.24) is 0 Å². The van der Waals surface area contributed by atoms with E-state index >= 15 is 0 Å². The summed E-state index contributed by atoms with van der Waals surface area (Å²) >= 11 is 0. The van der Waals surface area contributed by atoms with Gasteiger partial charge in [0.2, 0.25) is 0 Å². The zero-order chi connectivity index (χ0) is 10.7. The molecule has 0 heterocycles. The Kier molecular flexibility index (Phi) is 4.36. The molecule has 1 atom stereocenters. The van der Waals surface area contributed by atoms with Crippen LogP contribution in [0, 0.1) is 5.41 Å². The van der Waals surface area contributed by atoms with Crippen molar-refractivity contribution < 1.29 is 14.9 Å². The Bertz CT molecular complexity index is 141. The summed E-state index contributed by atoms with van der Waals surface area (Å²) in [5.41, 5.74) is -0.989. The molecule has 2 N–H and O–H groups in total. The van der Waals surface area contributed by atoms with E-state index in [0.29, 0.717) is 6.61 Å². The van der Waals surface area contributed by atoms with Crippen LogP contribution in [0.3, 0.4) is 0 Å². The zero-order valence-electron chi connectivity index (χ0n) is 9.29. The van der Waals surface area contributed by atoms with Crippen molar-refractivity contribution in [3.63, 3.8) is 0 Å². The molecule has 0 spiro atoms. The van der Waals surface area contributed by atoms with E-state index in [4.69, 9.17) is 4.74 Å². The van der Waals surface area contributed by atoms with Gasteiger partial charge < -0.3 is 14.9 Å². The van der Waals surface area contributed by atoms with Gasteiger partial charge in [-0.15, -0.1) is 0 Å². The van der Waals surface area contributed by atoms with Crippen LogP contribution >= 0.6 is 0 Å². The van der Waals surface area contributed by atoms with Crippen LogP contribution in [0.1, 0.15) is 34.6 Å². The molecule has 0 rings (SSSR count). The molecular weight excluding hydrogens is 168 g/mol. The summed E-state index contributed by atoms with van der Waals surface area (Å²) in [5, 5.41) is 18.8. The summed E-state index contributed by atoms with van der Waals surface area (Å²) in [6.07, 6.45) is -0.824. The fourth-order valence-electron chi connectivity index (χ4n) is 0.681. The lowest BCUT2D eigenvalue weighted by Crippen LogP contribution is -2.39. The van der Waals surface area contributed by atoms with E-state index < -0.39 is 11.7 Å². The zero-order valence-corrected chi connectivity index (χ0v) is 9.29. The molecule has 0 saturated carbocycles. The number of aliphatic hydroxyl groups is 2. The molecule has 0 amide bonds. The summed E-state index contributed by atoms with van der Waals surface area (Å²) in [6.45, 7) is 10.1. The average Bonchev–Trinajstić information content (AvgIpc) is 1.82. The fraction of sp³-hybridized carbons (Fsp3) is 1.00. The lowest BCUT2D eigenvalue weighted by molar-refractivity contribution is -0.0929. The summed E-state index contributed by atoms with van der Waals surface area (Å²) in [7, 11) is 0. The molecule has 80 valence electrons. The Morgan fingerprint density at radius 2 is 1.62 bits per heavy atom. The molecule has 0 bridgehead atoms. The van der Waals surface area contributed by atoms with Gasteiger partial charge in [-0.3, -0.25) is 0 Å². The molecule has 0 aliphatic heterocycles. The molecule has 0 aliphatic rings. The van der Waals surface area contributed by atoms with Crippen molar-refractivity contribution in [3.05, 3.63) is 0 Å². The Morgan fingerprint density at radius 3 is 1.92 bits per heavy atom. The monoisotopic (exact) mass is 190 g/mol. The topological polar surface area (TPSA) is 49.7 Å². The molecule has 0 aromatic rings. The predicted octanol–water partition coefficient (Wildman–Crippen LogP) is 1.18. The molecule has 0 aliphatic carbocycles. The van der Waals surface area contributed by atoms with Crippen LogP contribution in [0.5, 0.6) is 0 Å². The molecule has 13 heavy (non-hydrogen) atoms. The minimum absolute atomic E-state index is 0.0965. The van der Waals surface area contributed by atoms with Crippen molar-refractivity contribution in [2.45, 2.75) is 46.3 Å². The van der Waals surface area contributed by atoms with Crippen LogP contribution in [0.2, 0.25) is 0 Å². The molecule has 0 radical (unpaired) electrons. The summed E-state index contributed by atoms with van der Waals surface area (Å²) < 4.78 is 5.28. The van der Waals surface area contributed by atoms with Gasteiger partial charge in [-0.2, -0.15) is 0 Å². The van der Waals surface area contributed by atoms with Crippen molar-refractivity contribution in [3.8, 4) is 0 Å². The van der Waals surface area contributed by atoms with Gasteiger partial charge in [0.15, 0.2) is 0 Å². The molecule has 0 aromatic carbocycles. The third-order valence-corrected chi connectivity index (χ3v) is 1.63. The summed E-state index contributed by atoms with van der Waals surface area (Å²) in [5.74, 6) is 0. The molecule has 0 fully saturated rings. The first-order valence-electron chi connectivity index (χ1n) is 4.61. The van der Waals surface area contributed by atoms with E-state index in [1.165, 1.54) is 0 Å². The van der Waals surface area contributed by atoms with Gasteiger partial charge in [0.05, 0.1) is 18.8 Å². The minimum Gasteiger partial charge on any atom is -0.388 e. The number of aliphatic hydroxyl groups excluding tert-OH is 1. The van der Waals surface area contributed by atoms with Gasteiger partial charge in [-0.1, -0.05) is 20.8 Å². The Morgan fingerprint density at radius 1 is 1.15 bits per heavy atom. The van der Waals surface area contributed by atoms with Crippen LogP contribution in [-0.2, 0) is 4.74 Å². The van der Waals surface area contributed by atoms with Crippen molar-refractivity contribution >= 4 is 0 Å². The minimum atomic E-state index is -1.09. The van der Waals surface area contributed by atoms with Crippen LogP contribution in [0.4, 0.5) is 0 Å². The third-order valence-electron chi connectivity index (χ3n) is 1.63. The lowest BCUT2D eigenvalue weighted by atomic mass is 9.98. The maximum absolute atomic E-state index is 9.41. The number of hydrogen-bond acceptors (Lipinski definition) is 3. The summed E-state index contributed by atoms with van der Waals surface area (Å²) in [4.78, 5) is 0. The van der Waals surface area contributed by atoms with Crippen LogP contribution in [-0.4, -0.2) is 35.1 Å². The number of rotatable bonds is 4. The first kappa shape index (κ1) is 12.9. The molecule has 1 unspecified atom stereocenters. The molecule has 0 saturated heterocycles. The second-order valence-corrected chi connectivity index (χ2v) is 5.25. The maximum Gasteiger partial charge on any atom is 0.105 e. The maximum atomic E-state index is 9.41. The van der Waals surface area contributed by atoms with E-state index in [-0.39, 0.29) is 12.0 Å². The van der Waals surface area contributed by atoms with E-state index in [0.717, 1.165) is 0 Å². The highest BCUT2D eigenvalue weighted by Crippen LogP contribution is 2.14. The average molecular weight is 190 g/mol. The van der Waals surface area contributed by atoms with E-state index in [1.807, 2.05) is 0 Å². The molecule has 0 aromatic heterocycles. The van der Waals surface area contributed by atoms with E-state index in [1.54, 1.807) is 13.8 Å². The standard InChI is InChI=1S/C10H22O3/c1-9(2,3)7-13-6-8(11)10(4,5)12/h8,11-12H,6-7H2,1-5H3. The lowest BCUT2D eigenvalue weighted by Gasteiger charge is -2.26. The first-order chi connectivity index (χ1) is 5.63. The van der Waals surface area contributed by atoms with Crippen LogP contribution in [0.15, 0.2) is 0 Å². The Hall–Kier alpha value is -0.120. The van der Waals surface area contributed by atoms with Gasteiger partial charge in [0.1, 0.15) is 6.10 Å². The highest BCUT2D eigenvalue weighted by Gasteiger charge is 2.25. The van der Waals surface area contributed by atoms with Gasteiger partial charge in [-0.05, 0) is 19.3 Å². The predicted molar refractivity (Wildman–Crippen MR) is 52.6 cm³/mol. The van der Waals surface area contributed by atoms with E-state index in [2.05, 4.69) is 20.8 Å². The van der Waals surface area contributed by atoms with Crippen LogP contribution in [0.25, 0.3) is 0 Å². The van der Waals surface area contributed by atoms with E-state index in [9.17, 15) is 10.2 Å². The first-order valence-corrected chi connectivity index (χ1v) is 4.61. The second kappa shape index (κ2) is 4.40. The highest BCUT2D eigenvalue weighted by molar-refractivity contribution is 4.75. The van der Waals surface area contributed by atoms with Crippen LogP contribution < -0.4 is 0 Å². The molecule has 3 nitrogen and oxygen atoms in total. The Balaban J connectivity index is 3.67. The third kappa shape index (κ3) is 6.99. The van der Waals surface area contributed by atoms with Gasteiger partial charge in [0.25, 0.3) is 0 Å². The normalized spacial score (nSPS) is 15.9. The fourth-order valence-corrected chi connectivity index (χ4v) is 0.681. The number of ether oxygens (including phenoxy) is 1. The number of hydrogen-bond donors (Lipinski definition) is 2. The van der Waals surface area contributed by atoms with Gasteiger partial charge in [0, 0.05) is 0 Å². The largest absolute Gasteiger partial charge is 0.388 e. The van der Waals surface area contributed by atoms with Gasteiger partial charge in [-0.25, -0.2) is 0 Å². The molecular formula is C10H22O3. The quantitative estimate of drug-likeness (QED) is 0.700. The second-order valence-electron chi connectivity index (χ2n) is 5.25. The SMILES string of the molecule is CC(C)(C)COCC(O)C(C)(C)O. The van der Waals surface area contributed by atoms with Crippen molar-refractivity contribution in [2.75, 3.05) is 13.2 Å². The van der Waals surface area contributed by atoms with Gasteiger partial charge >= 0.3 is 0 Å². The molecule has 3 heteroatoms.